The standard InChI is InChI=1S/C21H28N4O4/c1-13(2)17-12-29-21(5,6)24(17)18(26)14(3)15(4)25-20(28)23(19(27)22-25)16-10-8-7-9-11-16/h7-11,13,15,17H,3,12H2,1-2,4-6H3,(H,22,27)/t15-,17+/m0/s1. The van der Waals surface area contributed by atoms with Crippen LogP contribution in [0.4, 0.5) is 0 Å². The van der Waals surface area contributed by atoms with Gasteiger partial charge in [-0.1, -0.05) is 38.6 Å². The third kappa shape index (κ3) is 3.60. The maximum atomic E-state index is 13.3. The zero-order chi connectivity index (χ0) is 21.5. The van der Waals surface area contributed by atoms with Gasteiger partial charge in [0, 0.05) is 5.57 Å². The summed E-state index contributed by atoms with van der Waals surface area (Å²) in [5, 5.41) is 2.54. The van der Waals surface area contributed by atoms with Gasteiger partial charge in [-0.3, -0.25) is 4.79 Å². The first-order chi connectivity index (χ1) is 13.6. The fraction of sp³-hybridized carbons (Fsp3) is 0.476. The third-order valence-electron chi connectivity index (χ3n) is 5.50. The number of H-pyrrole nitrogens is 1. The van der Waals surface area contributed by atoms with Crippen LogP contribution in [0.2, 0.25) is 0 Å². The SMILES string of the molecule is C=C(C(=O)N1[C@@H](C(C)C)COC1(C)C)[C@H](C)n1[nH]c(=O)n(-c2ccccc2)c1=O. The van der Waals surface area contributed by atoms with E-state index in [4.69, 9.17) is 4.74 Å². The monoisotopic (exact) mass is 400 g/mol. The number of nitrogens with zero attached hydrogens (tertiary/aromatic N) is 3. The highest BCUT2D eigenvalue weighted by atomic mass is 16.5. The number of hydrogen-bond acceptors (Lipinski definition) is 4. The minimum Gasteiger partial charge on any atom is -0.354 e. The van der Waals surface area contributed by atoms with Crippen molar-refractivity contribution in [3.8, 4) is 5.69 Å². The average molecular weight is 400 g/mol. The van der Waals surface area contributed by atoms with Crippen LogP contribution in [0.25, 0.3) is 5.69 Å². The van der Waals surface area contributed by atoms with E-state index in [1.165, 1.54) is 0 Å². The molecule has 1 aromatic heterocycles. The summed E-state index contributed by atoms with van der Waals surface area (Å²) in [5.41, 5.74) is -1.24. The second-order valence-electron chi connectivity index (χ2n) is 8.19. The van der Waals surface area contributed by atoms with Gasteiger partial charge in [0.2, 0.25) is 0 Å². The summed E-state index contributed by atoms with van der Waals surface area (Å²) in [7, 11) is 0. The van der Waals surface area contributed by atoms with E-state index in [0.717, 1.165) is 9.25 Å². The summed E-state index contributed by atoms with van der Waals surface area (Å²) in [6.45, 7) is 13.8. The van der Waals surface area contributed by atoms with Crippen molar-refractivity contribution in [3.63, 3.8) is 0 Å². The molecule has 0 unspecified atom stereocenters. The number of hydrogen-bond donors (Lipinski definition) is 1. The molecule has 0 spiro atoms. The molecule has 8 nitrogen and oxygen atoms in total. The first-order valence-electron chi connectivity index (χ1n) is 9.71. The molecule has 2 aromatic rings. The average Bonchev–Trinajstić information content (AvgIpc) is 3.15. The Labute approximate surface area is 169 Å². The third-order valence-corrected chi connectivity index (χ3v) is 5.50. The molecule has 0 saturated carbocycles. The van der Waals surface area contributed by atoms with Gasteiger partial charge in [0.1, 0.15) is 5.72 Å². The van der Waals surface area contributed by atoms with Gasteiger partial charge in [-0.25, -0.2) is 23.9 Å². The molecular formula is C21H28N4O4. The van der Waals surface area contributed by atoms with E-state index >= 15 is 0 Å². The van der Waals surface area contributed by atoms with Gasteiger partial charge < -0.3 is 9.64 Å². The Bertz CT molecular complexity index is 1030. The van der Waals surface area contributed by atoms with Gasteiger partial charge in [0.25, 0.3) is 5.91 Å². The van der Waals surface area contributed by atoms with Crippen molar-refractivity contribution < 1.29 is 9.53 Å². The smallest absolute Gasteiger partial charge is 0.352 e. The molecule has 2 atom stereocenters. The fourth-order valence-corrected chi connectivity index (χ4v) is 3.67. The quantitative estimate of drug-likeness (QED) is 0.778. The van der Waals surface area contributed by atoms with Crippen LogP contribution < -0.4 is 11.4 Å². The van der Waals surface area contributed by atoms with Gasteiger partial charge in [-0.15, -0.1) is 0 Å². The molecule has 0 bridgehead atoms. The molecule has 29 heavy (non-hydrogen) atoms. The van der Waals surface area contributed by atoms with Crippen LogP contribution in [0.15, 0.2) is 52.1 Å². The normalized spacial score (nSPS) is 19.5. The van der Waals surface area contributed by atoms with Crippen molar-refractivity contribution >= 4 is 5.91 Å². The van der Waals surface area contributed by atoms with E-state index in [1.54, 1.807) is 42.2 Å². The molecule has 2 heterocycles. The second kappa shape index (κ2) is 7.51. The number of aromatic nitrogens is 3. The summed E-state index contributed by atoms with van der Waals surface area (Å²) in [5.74, 6) is -0.0931. The number of rotatable bonds is 5. The van der Waals surface area contributed by atoms with Crippen molar-refractivity contribution in [2.24, 2.45) is 5.92 Å². The Morgan fingerprint density at radius 1 is 1.21 bits per heavy atom. The molecule has 8 heteroatoms. The first-order valence-corrected chi connectivity index (χ1v) is 9.71. The number of carbonyl (C=O) groups is 1. The highest BCUT2D eigenvalue weighted by Gasteiger charge is 2.46. The number of nitrogens with one attached hydrogen (secondary N) is 1. The molecular weight excluding hydrogens is 372 g/mol. The zero-order valence-corrected chi connectivity index (χ0v) is 17.5. The lowest BCUT2D eigenvalue weighted by Crippen LogP contribution is -2.50. The van der Waals surface area contributed by atoms with Crippen LogP contribution in [-0.4, -0.2) is 43.5 Å². The van der Waals surface area contributed by atoms with Crippen molar-refractivity contribution in [1.82, 2.24) is 19.2 Å². The Morgan fingerprint density at radius 2 is 1.83 bits per heavy atom. The lowest BCUT2D eigenvalue weighted by Gasteiger charge is -2.36. The van der Waals surface area contributed by atoms with Crippen LogP contribution in [0.5, 0.6) is 0 Å². The maximum Gasteiger partial charge on any atom is 0.352 e. The maximum absolute atomic E-state index is 13.3. The molecule has 1 aromatic carbocycles. The molecule has 0 radical (unpaired) electrons. The van der Waals surface area contributed by atoms with E-state index < -0.39 is 23.1 Å². The first kappa shape index (κ1) is 20.9. The Kier molecular flexibility index (Phi) is 5.40. The summed E-state index contributed by atoms with van der Waals surface area (Å²) in [6, 6.07) is 7.81. The summed E-state index contributed by atoms with van der Waals surface area (Å²) < 4.78 is 8.00. The topological polar surface area (TPSA) is 89.3 Å². The van der Waals surface area contributed by atoms with Crippen LogP contribution in [0, 0.1) is 5.92 Å². The van der Waals surface area contributed by atoms with Crippen molar-refractivity contribution in [2.45, 2.75) is 52.4 Å². The second-order valence-corrected chi connectivity index (χ2v) is 8.19. The van der Waals surface area contributed by atoms with Crippen LogP contribution in [0.1, 0.15) is 40.7 Å². The largest absolute Gasteiger partial charge is 0.354 e. The van der Waals surface area contributed by atoms with Gasteiger partial charge in [0.15, 0.2) is 0 Å². The summed E-state index contributed by atoms with van der Waals surface area (Å²) >= 11 is 0. The van der Waals surface area contributed by atoms with Crippen LogP contribution in [0.3, 0.4) is 0 Å². The van der Waals surface area contributed by atoms with E-state index in [0.29, 0.717) is 12.3 Å². The van der Waals surface area contributed by atoms with Gasteiger partial charge >= 0.3 is 11.4 Å². The molecule has 1 N–H and O–H groups in total. The van der Waals surface area contributed by atoms with E-state index in [9.17, 15) is 14.4 Å². The lowest BCUT2D eigenvalue weighted by atomic mass is 10.0. The Balaban J connectivity index is 1.94. The summed E-state index contributed by atoms with van der Waals surface area (Å²) in [4.78, 5) is 40.3. The predicted octanol–water partition coefficient (Wildman–Crippen LogP) is 2.06. The molecule has 156 valence electrons. The number of ether oxygens (including phenoxy) is 1. The van der Waals surface area contributed by atoms with Crippen LogP contribution in [-0.2, 0) is 9.53 Å². The Hall–Kier alpha value is -2.87. The van der Waals surface area contributed by atoms with E-state index in [-0.39, 0.29) is 23.4 Å². The molecule has 1 amide bonds. The van der Waals surface area contributed by atoms with Gasteiger partial charge in [0.05, 0.1) is 24.4 Å². The minimum absolute atomic E-state index is 0.0915. The summed E-state index contributed by atoms with van der Waals surface area (Å²) in [6.07, 6.45) is 0. The van der Waals surface area contributed by atoms with Gasteiger partial charge in [-0.05, 0) is 38.8 Å². The fourth-order valence-electron chi connectivity index (χ4n) is 3.67. The molecule has 1 saturated heterocycles. The van der Waals surface area contributed by atoms with E-state index in [1.807, 2.05) is 27.7 Å². The number of carbonyl (C=O) groups excluding carboxylic acids is 1. The predicted molar refractivity (Wildman–Crippen MR) is 110 cm³/mol. The highest BCUT2D eigenvalue weighted by molar-refractivity contribution is 5.94. The Morgan fingerprint density at radius 3 is 2.41 bits per heavy atom. The number of amides is 1. The number of benzene rings is 1. The van der Waals surface area contributed by atoms with E-state index in [2.05, 4.69) is 11.7 Å². The van der Waals surface area contributed by atoms with Crippen molar-refractivity contribution in [1.29, 1.82) is 0 Å². The molecule has 1 aliphatic heterocycles. The van der Waals surface area contributed by atoms with Gasteiger partial charge in [-0.2, -0.15) is 0 Å². The minimum atomic E-state index is -0.775. The van der Waals surface area contributed by atoms with Crippen molar-refractivity contribution in [2.75, 3.05) is 6.61 Å². The van der Waals surface area contributed by atoms with Crippen LogP contribution >= 0.6 is 0 Å². The number of aromatic amines is 1. The highest BCUT2D eigenvalue weighted by Crippen LogP contribution is 2.33. The molecule has 1 fully saturated rings. The molecule has 3 rings (SSSR count). The zero-order valence-electron chi connectivity index (χ0n) is 17.5. The molecule has 1 aliphatic rings. The number of para-hydroxylation sites is 1. The molecule has 0 aliphatic carbocycles. The lowest BCUT2D eigenvalue weighted by molar-refractivity contribution is -0.143. The van der Waals surface area contributed by atoms with Crippen molar-refractivity contribution in [3.05, 3.63) is 63.5 Å².